The lowest BCUT2D eigenvalue weighted by Crippen LogP contribution is -2.02. The van der Waals surface area contributed by atoms with Gasteiger partial charge in [-0.25, -0.2) is 4.98 Å². The van der Waals surface area contributed by atoms with Gasteiger partial charge in [0.15, 0.2) is 0 Å². The van der Waals surface area contributed by atoms with Crippen molar-refractivity contribution < 1.29 is 5.11 Å². The SMILES string of the molecule is OCCn1ccc2c3ccccc3nc-2c1. The number of aliphatic hydroxyl groups is 1. The molecule has 0 unspecified atom stereocenters. The van der Waals surface area contributed by atoms with E-state index in [1.807, 2.05) is 35.2 Å². The molecule has 2 aliphatic rings. The Kier molecular flexibility index (Phi) is 2.11. The minimum atomic E-state index is 0.149. The minimum absolute atomic E-state index is 0.149. The molecule has 1 N–H and O–H groups in total. The van der Waals surface area contributed by atoms with Gasteiger partial charge in [-0.05, 0) is 12.1 Å². The lowest BCUT2D eigenvalue weighted by molar-refractivity contribution is 0.276. The van der Waals surface area contributed by atoms with E-state index in [9.17, 15) is 0 Å². The molecule has 1 aromatic carbocycles. The van der Waals surface area contributed by atoms with E-state index in [1.165, 1.54) is 10.9 Å². The molecule has 3 rings (SSSR count). The van der Waals surface area contributed by atoms with Crippen LogP contribution in [0.2, 0.25) is 0 Å². The highest BCUT2D eigenvalue weighted by atomic mass is 16.3. The lowest BCUT2D eigenvalue weighted by atomic mass is 10.1. The molecule has 2 heterocycles. The molecular weight excluding hydrogens is 200 g/mol. The first-order valence-electron chi connectivity index (χ1n) is 5.33. The van der Waals surface area contributed by atoms with Gasteiger partial charge in [-0.3, -0.25) is 0 Å². The van der Waals surface area contributed by atoms with Crippen LogP contribution in [-0.2, 0) is 6.54 Å². The highest BCUT2D eigenvalue weighted by Crippen LogP contribution is 2.29. The standard InChI is InChI=1S/C13H12N2O/c16-8-7-15-6-5-11-10-3-1-2-4-12(10)14-13(11)9-15/h1-6,9,16H,7-8H2. The van der Waals surface area contributed by atoms with E-state index >= 15 is 0 Å². The molecule has 0 atom stereocenters. The molecule has 0 amide bonds. The molecule has 1 aromatic rings. The Morgan fingerprint density at radius 2 is 2.06 bits per heavy atom. The highest BCUT2D eigenvalue weighted by Gasteiger charge is 2.10. The molecule has 0 radical (unpaired) electrons. The van der Waals surface area contributed by atoms with E-state index in [4.69, 9.17) is 5.11 Å². The summed E-state index contributed by atoms with van der Waals surface area (Å²) < 4.78 is 1.95. The molecule has 0 aliphatic carbocycles. The number of pyridine rings is 1. The molecule has 80 valence electrons. The largest absolute Gasteiger partial charge is 0.395 e. The van der Waals surface area contributed by atoms with Gasteiger partial charge in [0, 0.05) is 29.9 Å². The van der Waals surface area contributed by atoms with Gasteiger partial charge in [0.1, 0.15) is 0 Å². The summed E-state index contributed by atoms with van der Waals surface area (Å²) in [5.74, 6) is 0. The van der Waals surface area contributed by atoms with Crippen LogP contribution in [0.5, 0.6) is 0 Å². The third-order valence-corrected chi connectivity index (χ3v) is 2.79. The molecule has 3 nitrogen and oxygen atoms in total. The summed E-state index contributed by atoms with van der Waals surface area (Å²) in [5, 5.41) is 10.1. The maximum atomic E-state index is 8.89. The van der Waals surface area contributed by atoms with Crippen molar-refractivity contribution in [2.24, 2.45) is 0 Å². The van der Waals surface area contributed by atoms with Crippen LogP contribution in [0.15, 0.2) is 42.7 Å². The average Bonchev–Trinajstić information content (AvgIpc) is 2.67. The van der Waals surface area contributed by atoms with Gasteiger partial charge in [0.2, 0.25) is 0 Å². The summed E-state index contributed by atoms with van der Waals surface area (Å²) in [6, 6.07) is 10.2. The monoisotopic (exact) mass is 212 g/mol. The molecule has 16 heavy (non-hydrogen) atoms. The third-order valence-electron chi connectivity index (χ3n) is 2.79. The lowest BCUT2D eigenvalue weighted by Gasteiger charge is -2.06. The number of hydrogen-bond acceptors (Lipinski definition) is 2. The smallest absolute Gasteiger partial charge is 0.0878 e. The maximum Gasteiger partial charge on any atom is 0.0878 e. The summed E-state index contributed by atoms with van der Waals surface area (Å²) in [7, 11) is 0. The fourth-order valence-corrected chi connectivity index (χ4v) is 2.03. The fraction of sp³-hybridized carbons (Fsp3) is 0.154. The molecule has 0 aromatic heterocycles. The topological polar surface area (TPSA) is 38.0 Å². The number of rotatable bonds is 2. The van der Waals surface area contributed by atoms with Crippen LogP contribution in [0.4, 0.5) is 0 Å². The summed E-state index contributed by atoms with van der Waals surface area (Å²) in [6.07, 6.45) is 3.96. The van der Waals surface area contributed by atoms with Crippen LogP contribution >= 0.6 is 0 Å². The van der Waals surface area contributed by atoms with Gasteiger partial charge in [-0.1, -0.05) is 18.2 Å². The molecule has 3 heteroatoms. The molecule has 0 spiro atoms. The number of nitrogens with zero attached hydrogens (tertiary/aromatic N) is 2. The van der Waals surface area contributed by atoms with E-state index < -0.39 is 0 Å². The van der Waals surface area contributed by atoms with E-state index in [0.29, 0.717) is 6.54 Å². The number of aromatic nitrogens is 2. The van der Waals surface area contributed by atoms with Crippen LogP contribution in [0, 0.1) is 0 Å². The normalized spacial score (nSPS) is 11.3. The fourth-order valence-electron chi connectivity index (χ4n) is 2.03. The quantitative estimate of drug-likeness (QED) is 0.706. The van der Waals surface area contributed by atoms with Gasteiger partial charge < -0.3 is 9.67 Å². The van der Waals surface area contributed by atoms with Gasteiger partial charge >= 0.3 is 0 Å². The predicted molar refractivity (Wildman–Crippen MR) is 63.4 cm³/mol. The Morgan fingerprint density at radius 3 is 2.94 bits per heavy atom. The second-order valence-corrected chi connectivity index (χ2v) is 3.83. The minimum Gasteiger partial charge on any atom is -0.395 e. The number of fused-ring (bicyclic) bond motifs is 3. The van der Waals surface area contributed by atoms with Gasteiger partial charge in [0.25, 0.3) is 0 Å². The van der Waals surface area contributed by atoms with Crippen molar-refractivity contribution in [3.63, 3.8) is 0 Å². The maximum absolute atomic E-state index is 8.89. The Balaban J connectivity index is 2.24. The highest BCUT2D eigenvalue weighted by molar-refractivity contribution is 5.96. The molecule has 2 aliphatic heterocycles. The predicted octanol–water partition coefficient (Wildman–Crippen LogP) is 2.13. The van der Waals surface area contributed by atoms with Crippen molar-refractivity contribution in [1.29, 1.82) is 0 Å². The van der Waals surface area contributed by atoms with Crippen molar-refractivity contribution in [3.8, 4) is 11.3 Å². The molecule has 0 saturated heterocycles. The van der Waals surface area contributed by atoms with Gasteiger partial charge in [-0.2, -0.15) is 0 Å². The summed E-state index contributed by atoms with van der Waals surface area (Å²) in [5.41, 5.74) is 3.18. The summed E-state index contributed by atoms with van der Waals surface area (Å²) >= 11 is 0. The summed E-state index contributed by atoms with van der Waals surface area (Å²) in [6.45, 7) is 0.759. The number of aliphatic hydroxyl groups excluding tert-OH is 1. The average molecular weight is 212 g/mol. The van der Waals surface area contributed by atoms with Crippen molar-refractivity contribution in [2.45, 2.75) is 6.54 Å². The molecule has 0 bridgehead atoms. The van der Waals surface area contributed by atoms with Crippen molar-refractivity contribution in [3.05, 3.63) is 42.7 Å². The van der Waals surface area contributed by atoms with Crippen molar-refractivity contribution in [1.82, 2.24) is 9.55 Å². The van der Waals surface area contributed by atoms with Crippen LogP contribution in [0.25, 0.3) is 22.2 Å². The van der Waals surface area contributed by atoms with Crippen molar-refractivity contribution >= 4 is 10.9 Å². The zero-order valence-electron chi connectivity index (χ0n) is 8.80. The first-order chi connectivity index (χ1) is 7.88. The van der Waals surface area contributed by atoms with Gasteiger partial charge in [-0.15, -0.1) is 0 Å². The van der Waals surface area contributed by atoms with Crippen LogP contribution < -0.4 is 0 Å². The Morgan fingerprint density at radius 1 is 1.19 bits per heavy atom. The number of benzene rings is 1. The van der Waals surface area contributed by atoms with E-state index in [-0.39, 0.29) is 6.61 Å². The first kappa shape index (κ1) is 9.36. The Labute approximate surface area is 93.3 Å². The van der Waals surface area contributed by atoms with Crippen molar-refractivity contribution in [2.75, 3.05) is 6.61 Å². The van der Waals surface area contributed by atoms with Crippen LogP contribution in [0.3, 0.4) is 0 Å². The van der Waals surface area contributed by atoms with Gasteiger partial charge in [0.05, 0.1) is 17.8 Å². The number of para-hydroxylation sites is 1. The zero-order valence-corrected chi connectivity index (χ0v) is 8.80. The van der Waals surface area contributed by atoms with Crippen LogP contribution in [0.1, 0.15) is 0 Å². The summed E-state index contributed by atoms with van der Waals surface area (Å²) in [4.78, 5) is 4.56. The van der Waals surface area contributed by atoms with Crippen LogP contribution in [-0.4, -0.2) is 21.3 Å². The second-order valence-electron chi connectivity index (χ2n) is 3.83. The van der Waals surface area contributed by atoms with E-state index in [2.05, 4.69) is 17.1 Å². The molecule has 0 saturated carbocycles. The van der Waals surface area contributed by atoms with E-state index in [0.717, 1.165) is 11.2 Å². The second kappa shape index (κ2) is 3.61. The third kappa shape index (κ3) is 1.37. The first-order valence-corrected chi connectivity index (χ1v) is 5.33. The number of hydrogen-bond donors (Lipinski definition) is 1. The van der Waals surface area contributed by atoms with E-state index in [1.54, 1.807) is 0 Å². The Hall–Kier alpha value is -1.87. The molecule has 0 fully saturated rings. The Bertz CT molecular complexity index is 600. The molecular formula is C13H12N2O. The zero-order chi connectivity index (χ0) is 11.0.